The molecular weight excluding hydrogens is 360 g/mol. The Kier molecular flexibility index (Phi) is 5.38. The van der Waals surface area contributed by atoms with Gasteiger partial charge in [0.2, 0.25) is 0 Å². The fraction of sp³-hybridized carbons (Fsp3) is 0.0833. The fourth-order valence-corrected chi connectivity index (χ4v) is 3.17. The summed E-state index contributed by atoms with van der Waals surface area (Å²) in [6.07, 6.45) is 5.64. The Morgan fingerprint density at radius 3 is 2.59 bits per heavy atom. The summed E-state index contributed by atoms with van der Waals surface area (Å²) in [6, 6.07) is 21.0. The zero-order valence-corrected chi connectivity index (χ0v) is 16.0. The van der Waals surface area contributed by atoms with Crippen LogP contribution in [-0.2, 0) is 6.42 Å². The molecule has 0 radical (unpaired) electrons. The van der Waals surface area contributed by atoms with Gasteiger partial charge in [-0.25, -0.2) is 9.97 Å². The zero-order chi connectivity index (χ0) is 20.1. The van der Waals surface area contributed by atoms with E-state index >= 15 is 0 Å². The molecule has 2 heterocycles. The normalized spacial score (nSPS) is 10.5. The third-order valence-corrected chi connectivity index (χ3v) is 4.75. The molecular formula is C24H20N4O. The Hall–Kier alpha value is -3.86. The second-order valence-corrected chi connectivity index (χ2v) is 6.73. The first-order valence-electron chi connectivity index (χ1n) is 9.37. The molecule has 4 aromatic rings. The standard InChI is InChI=1S/C24H20N4O/c1-17-9-10-18(24(29)28-20-6-3-2-4-7-20)14-19(17)15-23-21(8-5-12-26-23)22-11-13-25-16-27-22/h2-14,16H,15H2,1H3,(H,28,29). The molecule has 0 spiro atoms. The van der Waals surface area contributed by atoms with Crippen molar-refractivity contribution in [3.63, 3.8) is 0 Å². The van der Waals surface area contributed by atoms with E-state index in [0.29, 0.717) is 12.0 Å². The van der Waals surface area contributed by atoms with E-state index in [9.17, 15) is 4.79 Å². The van der Waals surface area contributed by atoms with Crippen molar-refractivity contribution < 1.29 is 4.79 Å². The molecule has 1 N–H and O–H groups in total. The molecule has 0 bridgehead atoms. The molecule has 29 heavy (non-hydrogen) atoms. The van der Waals surface area contributed by atoms with Gasteiger partial charge in [0, 0.05) is 35.6 Å². The summed E-state index contributed by atoms with van der Waals surface area (Å²) in [5.74, 6) is -0.130. The number of hydrogen-bond acceptors (Lipinski definition) is 4. The van der Waals surface area contributed by atoms with Gasteiger partial charge in [-0.15, -0.1) is 0 Å². The number of aromatic nitrogens is 3. The van der Waals surface area contributed by atoms with Crippen LogP contribution in [0.3, 0.4) is 0 Å². The van der Waals surface area contributed by atoms with E-state index in [1.165, 1.54) is 6.33 Å². The van der Waals surface area contributed by atoms with E-state index in [1.54, 1.807) is 12.4 Å². The van der Waals surface area contributed by atoms with Gasteiger partial charge in [0.05, 0.1) is 11.4 Å². The lowest BCUT2D eigenvalue weighted by Crippen LogP contribution is -2.12. The van der Waals surface area contributed by atoms with E-state index < -0.39 is 0 Å². The molecule has 0 atom stereocenters. The largest absolute Gasteiger partial charge is 0.322 e. The van der Waals surface area contributed by atoms with Gasteiger partial charge < -0.3 is 5.32 Å². The Morgan fingerprint density at radius 1 is 0.931 bits per heavy atom. The molecule has 2 aromatic carbocycles. The Morgan fingerprint density at radius 2 is 1.79 bits per heavy atom. The highest BCUT2D eigenvalue weighted by Crippen LogP contribution is 2.24. The maximum atomic E-state index is 12.7. The number of amides is 1. The Labute approximate surface area is 169 Å². The van der Waals surface area contributed by atoms with E-state index in [2.05, 4.69) is 20.3 Å². The van der Waals surface area contributed by atoms with Gasteiger partial charge >= 0.3 is 0 Å². The monoisotopic (exact) mass is 380 g/mol. The number of nitrogens with zero attached hydrogens (tertiary/aromatic N) is 3. The third-order valence-electron chi connectivity index (χ3n) is 4.75. The summed E-state index contributed by atoms with van der Waals surface area (Å²) >= 11 is 0. The SMILES string of the molecule is Cc1ccc(C(=O)Nc2ccccc2)cc1Cc1ncccc1-c1ccncn1. The van der Waals surface area contributed by atoms with Crippen molar-refractivity contribution in [1.29, 1.82) is 0 Å². The van der Waals surface area contributed by atoms with Gasteiger partial charge in [-0.05, 0) is 60.5 Å². The van der Waals surface area contributed by atoms with Crippen LogP contribution in [0, 0.1) is 6.92 Å². The number of aryl methyl sites for hydroxylation is 1. The van der Waals surface area contributed by atoms with Gasteiger partial charge in [-0.3, -0.25) is 9.78 Å². The highest BCUT2D eigenvalue weighted by molar-refractivity contribution is 6.04. The number of carbonyl (C=O) groups excluding carboxylic acids is 1. The van der Waals surface area contributed by atoms with Crippen LogP contribution in [0.4, 0.5) is 5.69 Å². The van der Waals surface area contributed by atoms with Crippen LogP contribution in [0.15, 0.2) is 85.5 Å². The highest BCUT2D eigenvalue weighted by atomic mass is 16.1. The molecule has 142 valence electrons. The van der Waals surface area contributed by atoms with Gasteiger partial charge in [0.1, 0.15) is 6.33 Å². The predicted molar refractivity (Wildman–Crippen MR) is 114 cm³/mol. The summed E-state index contributed by atoms with van der Waals surface area (Å²) < 4.78 is 0. The fourth-order valence-electron chi connectivity index (χ4n) is 3.17. The smallest absolute Gasteiger partial charge is 0.255 e. The van der Waals surface area contributed by atoms with Crippen LogP contribution in [0.2, 0.25) is 0 Å². The average molecular weight is 380 g/mol. The molecule has 0 saturated heterocycles. The zero-order valence-electron chi connectivity index (χ0n) is 16.0. The number of anilines is 1. The second-order valence-electron chi connectivity index (χ2n) is 6.73. The number of benzene rings is 2. The van der Waals surface area contributed by atoms with E-state index in [0.717, 1.165) is 33.8 Å². The van der Waals surface area contributed by atoms with Gasteiger partial charge in [-0.1, -0.05) is 24.3 Å². The first-order chi connectivity index (χ1) is 14.2. The second kappa shape index (κ2) is 8.44. The van der Waals surface area contributed by atoms with Gasteiger partial charge in [0.15, 0.2) is 0 Å². The van der Waals surface area contributed by atoms with Crippen LogP contribution < -0.4 is 5.32 Å². The number of pyridine rings is 1. The van der Waals surface area contributed by atoms with Crippen LogP contribution in [0.1, 0.15) is 27.2 Å². The molecule has 5 nitrogen and oxygen atoms in total. The lowest BCUT2D eigenvalue weighted by molar-refractivity contribution is 0.102. The predicted octanol–water partition coefficient (Wildman–Crippen LogP) is 4.69. The first-order valence-corrected chi connectivity index (χ1v) is 9.37. The number of rotatable bonds is 5. The molecule has 0 saturated carbocycles. The summed E-state index contributed by atoms with van der Waals surface area (Å²) in [5.41, 5.74) is 6.27. The topological polar surface area (TPSA) is 67.8 Å². The minimum atomic E-state index is -0.130. The summed E-state index contributed by atoms with van der Waals surface area (Å²) in [5, 5.41) is 2.93. The quantitative estimate of drug-likeness (QED) is 0.545. The number of hydrogen-bond donors (Lipinski definition) is 1. The Balaban J connectivity index is 1.62. The minimum absolute atomic E-state index is 0.130. The van der Waals surface area contributed by atoms with Crippen LogP contribution in [0.5, 0.6) is 0 Å². The molecule has 1 amide bonds. The summed E-state index contributed by atoms with van der Waals surface area (Å²) in [6.45, 7) is 2.04. The molecule has 0 fully saturated rings. The maximum absolute atomic E-state index is 12.7. The van der Waals surface area contributed by atoms with Gasteiger partial charge in [0.25, 0.3) is 5.91 Å². The first kappa shape index (κ1) is 18.5. The molecule has 0 aliphatic rings. The molecule has 4 rings (SSSR count). The lowest BCUT2D eigenvalue weighted by atomic mass is 9.97. The minimum Gasteiger partial charge on any atom is -0.322 e. The van der Waals surface area contributed by atoms with Crippen molar-refractivity contribution in [2.24, 2.45) is 0 Å². The van der Waals surface area contributed by atoms with Crippen molar-refractivity contribution in [1.82, 2.24) is 15.0 Å². The van der Waals surface area contributed by atoms with E-state index in [4.69, 9.17) is 0 Å². The van der Waals surface area contributed by atoms with Crippen molar-refractivity contribution in [2.45, 2.75) is 13.3 Å². The number of para-hydroxylation sites is 1. The summed E-state index contributed by atoms with van der Waals surface area (Å²) in [4.78, 5) is 25.6. The highest BCUT2D eigenvalue weighted by Gasteiger charge is 2.12. The van der Waals surface area contributed by atoms with Crippen LogP contribution in [0.25, 0.3) is 11.3 Å². The third kappa shape index (κ3) is 4.35. The lowest BCUT2D eigenvalue weighted by Gasteiger charge is -2.12. The van der Waals surface area contributed by atoms with Gasteiger partial charge in [-0.2, -0.15) is 0 Å². The molecule has 0 aliphatic carbocycles. The molecule has 0 unspecified atom stereocenters. The molecule has 2 aromatic heterocycles. The van der Waals surface area contributed by atoms with E-state index in [-0.39, 0.29) is 5.91 Å². The van der Waals surface area contributed by atoms with Crippen molar-refractivity contribution >= 4 is 11.6 Å². The van der Waals surface area contributed by atoms with Crippen molar-refractivity contribution in [2.75, 3.05) is 5.32 Å². The van der Waals surface area contributed by atoms with Crippen molar-refractivity contribution in [3.8, 4) is 11.3 Å². The average Bonchev–Trinajstić information content (AvgIpc) is 2.77. The van der Waals surface area contributed by atoms with Crippen molar-refractivity contribution in [3.05, 3.63) is 108 Å². The van der Waals surface area contributed by atoms with Crippen LogP contribution in [-0.4, -0.2) is 20.9 Å². The number of nitrogens with one attached hydrogen (secondary N) is 1. The molecule has 0 aliphatic heterocycles. The maximum Gasteiger partial charge on any atom is 0.255 e. The number of carbonyl (C=O) groups is 1. The molecule has 5 heteroatoms. The summed E-state index contributed by atoms with van der Waals surface area (Å²) in [7, 11) is 0. The Bertz CT molecular complexity index is 1130. The van der Waals surface area contributed by atoms with E-state index in [1.807, 2.05) is 73.7 Å². The van der Waals surface area contributed by atoms with Crippen LogP contribution >= 0.6 is 0 Å².